The smallest absolute Gasteiger partial charge is 0.205 e. The molecule has 0 spiro atoms. The minimum Gasteiger partial charge on any atom is -0.369 e. The summed E-state index contributed by atoms with van der Waals surface area (Å²) in [6.45, 7) is 3.56. The van der Waals surface area contributed by atoms with Gasteiger partial charge in [0.1, 0.15) is 17.4 Å². The van der Waals surface area contributed by atoms with Gasteiger partial charge in [-0.2, -0.15) is 0 Å². The highest BCUT2D eigenvalue weighted by atomic mass is 32.1. The molecule has 0 amide bonds. The largest absolute Gasteiger partial charge is 0.369 e. The van der Waals surface area contributed by atoms with Crippen molar-refractivity contribution in [2.45, 2.75) is 26.6 Å². The van der Waals surface area contributed by atoms with Crippen molar-refractivity contribution in [1.29, 1.82) is 0 Å². The van der Waals surface area contributed by atoms with Crippen molar-refractivity contribution < 1.29 is 9.13 Å². The summed E-state index contributed by atoms with van der Waals surface area (Å²) in [5.41, 5.74) is 0.552. The van der Waals surface area contributed by atoms with E-state index in [1.165, 1.54) is 17.4 Å². The van der Waals surface area contributed by atoms with Gasteiger partial charge in [0.2, 0.25) is 5.13 Å². The Bertz CT molecular complexity index is 518. The van der Waals surface area contributed by atoms with E-state index in [4.69, 9.17) is 4.74 Å². The Morgan fingerprint density at radius 2 is 2.11 bits per heavy atom. The molecule has 2 rings (SSSR count). The summed E-state index contributed by atoms with van der Waals surface area (Å²) in [4.78, 5) is 0. The Balaban J connectivity index is 1.79. The summed E-state index contributed by atoms with van der Waals surface area (Å²) >= 11 is 1.46. The molecule has 0 saturated heterocycles. The lowest BCUT2D eigenvalue weighted by Crippen LogP contribution is -1.98. The van der Waals surface area contributed by atoms with Crippen LogP contribution in [0.5, 0.6) is 0 Å². The van der Waals surface area contributed by atoms with E-state index in [1.807, 2.05) is 0 Å². The van der Waals surface area contributed by atoms with Gasteiger partial charge in [0, 0.05) is 12.1 Å². The van der Waals surface area contributed by atoms with Gasteiger partial charge in [0.15, 0.2) is 0 Å². The molecule has 1 aromatic carbocycles. The Labute approximate surface area is 115 Å². The number of halogens is 1. The molecule has 2 aromatic rings. The molecule has 19 heavy (non-hydrogen) atoms. The molecule has 0 radical (unpaired) electrons. The summed E-state index contributed by atoms with van der Waals surface area (Å²) in [7, 11) is 0. The third kappa shape index (κ3) is 4.25. The van der Waals surface area contributed by atoms with Crippen molar-refractivity contribution in [3.63, 3.8) is 0 Å². The molecule has 0 aliphatic carbocycles. The first-order chi connectivity index (χ1) is 9.29. The number of hydrogen-bond acceptors (Lipinski definition) is 5. The molecule has 0 aliphatic heterocycles. The van der Waals surface area contributed by atoms with Gasteiger partial charge in [-0.15, -0.1) is 10.2 Å². The SMILES string of the molecule is CCCNc1nnc(COCc2ccccc2F)s1. The van der Waals surface area contributed by atoms with Crippen molar-refractivity contribution >= 4 is 16.5 Å². The van der Waals surface area contributed by atoms with Crippen LogP contribution in [-0.2, 0) is 18.0 Å². The highest BCUT2D eigenvalue weighted by molar-refractivity contribution is 7.15. The van der Waals surface area contributed by atoms with Crippen LogP contribution in [0.1, 0.15) is 23.9 Å². The first-order valence-electron chi connectivity index (χ1n) is 6.17. The fourth-order valence-electron chi connectivity index (χ4n) is 1.48. The number of aromatic nitrogens is 2. The van der Waals surface area contributed by atoms with Crippen LogP contribution in [0.2, 0.25) is 0 Å². The minimum absolute atomic E-state index is 0.240. The maximum atomic E-state index is 13.3. The highest BCUT2D eigenvalue weighted by Crippen LogP contribution is 2.16. The molecule has 0 saturated carbocycles. The van der Waals surface area contributed by atoms with E-state index in [-0.39, 0.29) is 12.4 Å². The molecule has 0 unspecified atom stereocenters. The molecular formula is C13H16FN3OS. The summed E-state index contributed by atoms with van der Waals surface area (Å²) < 4.78 is 18.8. The lowest BCUT2D eigenvalue weighted by atomic mass is 10.2. The monoisotopic (exact) mass is 281 g/mol. The average molecular weight is 281 g/mol. The second kappa shape index (κ2) is 7.16. The third-order valence-corrected chi connectivity index (χ3v) is 3.29. The van der Waals surface area contributed by atoms with Crippen molar-refractivity contribution in [1.82, 2.24) is 10.2 Å². The predicted octanol–water partition coefficient (Wildman–Crippen LogP) is 3.22. The lowest BCUT2D eigenvalue weighted by Gasteiger charge is -2.02. The zero-order valence-corrected chi connectivity index (χ0v) is 11.5. The summed E-state index contributed by atoms with van der Waals surface area (Å²) in [5.74, 6) is -0.245. The molecular weight excluding hydrogens is 265 g/mol. The zero-order valence-electron chi connectivity index (χ0n) is 10.7. The van der Waals surface area contributed by atoms with E-state index in [2.05, 4.69) is 22.4 Å². The summed E-state index contributed by atoms with van der Waals surface area (Å²) in [5, 5.41) is 12.8. The van der Waals surface area contributed by atoms with Crippen LogP contribution in [0.15, 0.2) is 24.3 Å². The summed E-state index contributed by atoms with van der Waals surface area (Å²) in [6.07, 6.45) is 1.04. The van der Waals surface area contributed by atoms with Crippen molar-refractivity contribution in [3.8, 4) is 0 Å². The number of nitrogens with one attached hydrogen (secondary N) is 1. The molecule has 1 heterocycles. The van der Waals surface area contributed by atoms with Crippen LogP contribution in [-0.4, -0.2) is 16.7 Å². The van der Waals surface area contributed by atoms with Crippen LogP contribution in [0, 0.1) is 5.82 Å². The predicted molar refractivity (Wildman–Crippen MR) is 73.6 cm³/mol. The highest BCUT2D eigenvalue weighted by Gasteiger charge is 2.05. The van der Waals surface area contributed by atoms with Gasteiger partial charge in [0.25, 0.3) is 0 Å². The van der Waals surface area contributed by atoms with Crippen LogP contribution >= 0.6 is 11.3 Å². The first kappa shape index (κ1) is 13.9. The fraction of sp³-hybridized carbons (Fsp3) is 0.385. The standard InChI is InChI=1S/C13H16FN3OS/c1-2-7-15-13-17-16-12(19-13)9-18-8-10-5-3-4-6-11(10)14/h3-6H,2,7-9H2,1H3,(H,15,17). The van der Waals surface area contributed by atoms with Gasteiger partial charge >= 0.3 is 0 Å². The van der Waals surface area contributed by atoms with Gasteiger partial charge in [-0.05, 0) is 12.5 Å². The lowest BCUT2D eigenvalue weighted by molar-refractivity contribution is 0.104. The fourth-order valence-corrected chi connectivity index (χ4v) is 2.18. The average Bonchev–Trinajstić information content (AvgIpc) is 2.86. The molecule has 1 aromatic heterocycles. The van der Waals surface area contributed by atoms with Gasteiger partial charge in [-0.3, -0.25) is 0 Å². The van der Waals surface area contributed by atoms with Gasteiger partial charge in [-0.25, -0.2) is 4.39 Å². The molecule has 102 valence electrons. The third-order valence-electron chi connectivity index (χ3n) is 2.43. The maximum Gasteiger partial charge on any atom is 0.205 e. The van der Waals surface area contributed by atoms with Crippen LogP contribution in [0.4, 0.5) is 9.52 Å². The molecule has 6 heteroatoms. The normalized spacial score (nSPS) is 10.6. The number of hydrogen-bond donors (Lipinski definition) is 1. The molecule has 0 atom stereocenters. The quantitative estimate of drug-likeness (QED) is 0.846. The maximum absolute atomic E-state index is 13.3. The van der Waals surface area contributed by atoms with Gasteiger partial charge in [-0.1, -0.05) is 36.5 Å². The van der Waals surface area contributed by atoms with E-state index in [1.54, 1.807) is 18.2 Å². The zero-order chi connectivity index (χ0) is 13.5. The van der Waals surface area contributed by atoms with E-state index < -0.39 is 0 Å². The van der Waals surface area contributed by atoms with Gasteiger partial charge in [0.05, 0.1) is 6.61 Å². The van der Waals surface area contributed by atoms with Crippen LogP contribution < -0.4 is 5.32 Å². The van der Waals surface area contributed by atoms with E-state index >= 15 is 0 Å². The Morgan fingerprint density at radius 1 is 1.26 bits per heavy atom. The second-order valence-corrected chi connectivity index (χ2v) is 5.07. The Hall–Kier alpha value is -1.53. The Kier molecular flexibility index (Phi) is 5.23. The van der Waals surface area contributed by atoms with Crippen molar-refractivity contribution in [3.05, 3.63) is 40.7 Å². The topological polar surface area (TPSA) is 47.0 Å². The number of nitrogens with zero attached hydrogens (tertiary/aromatic N) is 2. The minimum atomic E-state index is -0.245. The molecule has 0 aliphatic rings. The van der Waals surface area contributed by atoms with Gasteiger partial charge < -0.3 is 10.1 Å². The number of anilines is 1. The van der Waals surface area contributed by atoms with Crippen molar-refractivity contribution in [2.24, 2.45) is 0 Å². The molecule has 0 fully saturated rings. The number of ether oxygens (including phenoxy) is 1. The molecule has 4 nitrogen and oxygen atoms in total. The van der Waals surface area contributed by atoms with E-state index in [0.29, 0.717) is 12.2 Å². The number of benzene rings is 1. The number of rotatable bonds is 7. The first-order valence-corrected chi connectivity index (χ1v) is 6.98. The van der Waals surface area contributed by atoms with E-state index in [0.717, 1.165) is 23.1 Å². The van der Waals surface area contributed by atoms with E-state index in [9.17, 15) is 4.39 Å². The molecule has 0 bridgehead atoms. The van der Waals surface area contributed by atoms with Crippen LogP contribution in [0.25, 0.3) is 0 Å². The van der Waals surface area contributed by atoms with Crippen LogP contribution in [0.3, 0.4) is 0 Å². The summed E-state index contributed by atoms with van der Waals surface area (Å²) in [6, 6.07) is 6.59. The van der Waals surface area contributed by atoms with Crippen molar-refractivity contribution in [2.75, 3.05) is 11.9 Å². The Morgan fingerprint density at radius 3 is 2.89 bits per heavy atom. The molecule has 1 N–H and O–H groups in total. The second-order valence-electron chi connectivity index (χ2n) is 4.01.